The zero-order valence-corrected chi connectivity index (χ0v) is 14.0. The summed E-state index contributed by atoms with van der Waals surface area (Å²) in [4.78, 5) is 14.4. The topological polar surface area (TPSA) is 41.6 Å². The van der Waals surface area contributed by atoms with Gasteiger partial charge in [-0.3, -0.25) is 4.79 Å². The van der Waals surface area contributed by atoms with Crippen LogP contribution in [0.4, 0.5) is 14.5 Å². The lowest BCUT2D eigenvalue weighted by molar-refractivity contribution is -0.123. The highest BCUT2D eigenvalue weighted by molar-refractivity contribution is 5.86. The van der Waals surface area contributed by atoms with Crippen molar-refractivity contribution in [1.82, 2.24) is 5.32 Å². The number of halogens is 2. The standard InChI is InChI=1S/C17H24F2N2O2/c1-11(15(22)20-17(2,3)4)21-9-5-6-12-10-13(23-16(18)19)7-8-14(12)21/h7-8,10-11,16H,5-6,9H2,1-4H3,(H,20,22)/t11-/m1/s1. The Kier molecular flexibility index (Phi) is 5.12. The molecule has 1 heterocycles. The number of nitrogens with one attached hydrogen (secondary N) is 1. The number of carbonyl (C=O) groups excluding carboxylic acids is 1. The first-order valence-electron chi connectivity index (χ1n) is 7.84. The van der Waals surface area contributed by atoms with Crippen LogP contribution in [0, 0.1) is 0 Å². The maximum absolute atomic E-state index is 12.4. The number of carbonyl (C=O) groups is 1. The molecule has 0 bridgehead atoms. The van der Waals surface area contributed by atoms with Crippen LogP contribution in [0.5, 0.6) is 5.75 Å². The number of alkyl halides is 2. The van der Waals surface area contributed by atoms with Gasteiger partial charge in [0.2, 0.25) is 5.91 Å². The number of hydrogen-bond donors (Lipinski definition) is 1. The molecule has 1 aliphatic heterocycles. The van der Waals surface area contributed by atoms with E-state index in [1.54, 1.807) is 12.1 Å². The monoisotopic (exact) mass is 326 g/mol. The Bertz CT molecular complexity index is 570. The van der Waals surface area contributed by atoms with Gasteiger partial charge < -0.3 is 15.0 Å². The van der Waals surface area contributed by atoms with Gasteiger partial charge in [-0.25, -0.2) is 0 Å². The van der Waals surface area contributed by atoms with E-state index in [2.05, 4.69) is 10.1 Å². The Morgan fingerprint density at radius 1 is 1.35 bits per heavy atom. The van der Waals surface area contributed by atoms with Crippen LogP contribution >= 0.6 is 0 Å². The van der Waals surface area contributed by atoms with E-state index in [0.29, 0.717) is 0 Å². The second-order valence-corrected chi connectivity index (χ2v) is 6.88. The minimum atomic E-state index is -2.83. The zero-order valence-electron chi connectivity index (χ0n) is 14.0. The van der Waals surface area contributed by atoms with Gasteiger partial charge in [0, 0.05) is 17.8 Å². The summed E-state index contributed by atoms with van der Waals surface area (Å²) in [5.74, 6) is 0.116. The lowest BCUT2D eigenvalue weighted by Crippen LogP contribution is -2.52. The number of ether oxygens (including phenoxy) is 1. The number of benzene rings is 1. The van der Waals surface area contributed by atoms with Crippen molar-refractivity contribution in [3.05, 3.63) is 23.8 Å². The number of anilines is 1. The lowest BCUT2D eigenvalue weighted by atomic mass is 9.99. The third-order valence-corrected chi connectivity index (χ3v) is 3.78. The molecule has 1 aromatic carbocycles. The Morgan fingerprint density at radius 2 is 2.04 bits per heavy atom. The normalized spacial score (nSPS) is 16.0. The van der Waals surface area contributed by atoms with Gasteiger partial charge in [-0.15, -0.1) is 0 Å². The maximum atomic E-state index is 12.4. The first kappa shape index (κ1) is 17.5. The number of nitrogens with zero attached hydrogens (tertiary/aromatic N) is 1. The van der Waals surface area contributed by atoms with Gasteiger partial charge in [0.25, 0.3) is 0 Å². The first-order valence-corrected chi connectivity index (χ1v) is 7.84. The van der Waals surface area contributed by atoms with Crippen LogP contribution in [-0.2, 0) is 11.2 Å². The van der Waals surface area contributed by atoms with Gasteiger partial charge in [-0.1, -0.05) is 0 Å². The quantitative estimate of drug-likeness (QED) is 0.923. The second kappa shape index (κ2) is 6.72. The van der Waals surface area contributed by atoms with Crippen LogP contribution < -0.4 is 15.0 Å². The molecule has 0 unspecified atom stereocenters. The summed E-state index contributed by atoms with van der Waals surface area (Å²) in [6.45, 7) is 5.62. The van der Waals surface area contributed by atoms with Gasteiger partial charge in [-0.2, -0.15) is 8.78 Å². The third kappa shape index (κ3) is 4.56. The van der Waals surface area contributed by atoms with E-state index >= 15 is 0 Å². The van der Waals surface area contributed by atoms with Gasteiger partial charge in [0.15, 0.2) is 0 Å². The highest BCUT2D eigenvalue weighted by Crippen LogP contribution is 2.32. The highest BCUT2D eigenvalue weighted by Gasteiger charge is 2.28. The number of fused-ring (bicyclic) bond motifs is 1. The predicted octanol–water partition coefficient (Wildman–Crippen LogP) is 3.34. The van der Waals surface area contributed by atoms with Crippen molar-refractivity contribution in [3.8, 4) is 5.75 Å². The summed E-state index contributed by atoms with van der Waals surface area (Å²) in [5.41, 5.74) is 1.55. The van der Waals surface area contributed by atoms with Crippen molar-refractivity contribution in [2.24, 2.45) is 0 Å². The molecular formula is C17H24F2N2O2. The van der Waals surface area contributed by atoms with E-state index in [-0.39, 0.29) is 23.2 Å². The second-order valence-electron chi connectivity index (χ2n) is 6.88. The van der Waals surface area contributed by atoms with Crippen molar-refractivity contribution in [2.75, 3.05) is 11.4 Å². The molecule has 0 saturated heterocycles. The average Bonchev–Trinajstić information content (AvgIpc) is 2.43. The smallest absolute Gasteiger partial charge is 0.387 e. The minimum Gasteiger partial charge on any atom is -0.435 e. The van der Waals surface area contributed by atoms with Crippen LogP contribution in [0.25, 0.3) is 0 Å². The molecule has 0 aliphatic carbocycles. The average molecular weight is 326 g/mol. The van der Waals surface area contributed by atoms with Crippen molar-refractivity contribution >= 4 is 11.6 Å². The van der Waals surface area contributed by atoms with E-state index in [4.69, 9.17) is 0 Å². The Labute approximate surface area is 135 Å². The molecule has 2 rings (SSSR count). The summed E-state index contributed by atoms with van der Waals surface area (Å²) >= 11 is 0. The molecular weight excluding hydrogens is 302 g/mol. The Morgan fingerprint density at radius 3 is 2.65 bits per heavy atom. The molecule has 1 N–H and O–H groups in total. The minimum absolute atomic E-state index is 0.0433. The highest BCUT2D eigenvalue weighted by atomic mass is 19.3. The number of rotatable bonds is 4. The molecule has 4 nitrogen and oxygen atoms in total. The first-order chi connectivity index (χ1) is 10.7. The third-order valence-electron chi connectivity index (χ3n) is 3.78. The van der Waals surface area contributed by atoms with Crippen molar-refractivity contribution in [2.45, 2.75) is 58.7 Å². The van der Waals surface area contributed by atoms with Crippen LogP contribution in [0.15, 0.2) is 18.2 Å². The fourth-order valence-electron chi connectivity index (χ4n) is 2.80. The predicted molar refractivity (Wildman–Crippen MR) is 86.1 cm³/mol. The summed E-state index contributed by atoms with van der Waals surface area (Å²) in [6.07, 6.45) is 1.66. The summed E-state index contributed by atoms with van der Waals surface area (Å²) in [6, 6.07) is 4.60. The molecule has 0 radical (unpaired) electrons. The van der Waals surface area contributed by atoms with Crippen LogP contribution in [0.1, 0.15) is 39.7 Å². The van der Waals surface area contributed by atoms with E-state index in [0.717, 1.165) is 30.6 Å². The van der Waals surface area contributed by atoms with Gasteiger partial charge >= 0.3 is 6.61 Å². The largest absolute Gasteiger partial charge is 0.435 e. The fourth-order valence-corrected chi connectivity index (χ4v) is 2.80. The Balaban J connectivity index is 2.19. The summed E-state index contributed by atoms with van der Waals surface area (Å²) < 4.78 is 29.1. The molecule has 1 aliphatic rings. The number of aryl methyl sites for hydroxylation is 1. The molecule has 1 aromatic rings. The van der Waals surface area contributed by atoms with Crippen LogP contribution in [0.3, 0.4) is 0 Å². The van der Waals surface area contributed by atoms with Crippen molar-refractivity contribution in [3.63, 3.8) is 0 Å². The molecule has 0 spiro atoms. The fraction of sp³-hybridized carbons (Fsp3) is 0.588. The van der Waals surface area contributed by atoms with Crippen LogP contribution in [0.2, 0.25) is 0 Å². The molecule has 6 heteroatoms. The van der Waals surface area contributed by atoms with Gasteiger partial charge in [0.1, 0.15) is 11.8 Å². The number of hydrogen-bond acceptors (Lipinski definition) is 3. The maximum Gasteiger partial charge on any atom is 0.387 e. The lowest BCUT2D eigenvalue weighted by Gasteiger charge is -2.37. The molecule has 23 heavy (non-hydrogen) atoms. The molecule has 0 fully saturated rings. The SMILES string of the molecule is C[C@H](C(=O)NC(C)(C)C)N1CCCc2cc(OC(F)F)ccc21. The summed E-state index contributed by atoms with van der Waals surface area (Å²) in [7, 11) is 0. The van der Waals surface area contributed by atoms with E-state index in [1.165, 1.54) is 6.07 Å². The number of amides is 1. The van der Waals surface area contributed by atoms with E-state index in [1.807, 2.05) is 32.6 Å². The van der Waals surface area contributed by atoms with Gasteiger partial charge in [0.05, 0.1) is 0 Å². The molecule has 0 saturated carbocycles. The summed E-state index contributed by atoms with van der Waals surface area (Å²) in [5, 5.41) is 2.98. The van der Waals surface area contributed by atoms with Crippen molar-refractivity contribution < 1.29 is 18.3 Å². The van der Waals surface area contributed by atoms with E-state index < -0.39 is 6.61 Å². The molecule has 1 atom stereocenters. The van der Waals surface area contributed by atoms with E-state index in [9.17, 15) is 13.6 Å². The van der Waals surface area contributed by atoms with Gasteiger partial charge in [-0.05, 0) is 64.3 Å². The van der Waals surface area contributed by atoms with Crippen molar-refractivity contribution in [1.29, 1.82) is 0 Å². The molecule has 1 amide bonds. The molecule has 0 aromatic heterocycles. The molecule has 128 valence electrons. The zero-order chi connectivity index (χ0) is 17.2. The Hall–Kier alpha value is -1.85. The van der Waals surface area contributed by atoms with Crippen LogP contribution in [-0.4, -0.2) is 30.6 Å².